The second-order valence-electron chi connectivity index (χ2n) is 7.38. The molecule has 0 aromatic carbocycles. The zero-order chi connectivity index (χ0) is 22.1. The molecule has 2 fully saturated rings. The van der Waals surface area contributed by atoms with E-state index in [-0.39, 0.29) is 11.9 Å². The highest BCUT2D eigenvalue weighted by molar-refractivity contribution is 5.94. The van der Waals surface area contributed by atoms with Gasteiger partial charge in [-0.1, -0.05) is 0 Å². The van der Waals surface area contributed by atoms with E-state index in [9.17, 15) is 18.0 Å². The highest BCUT2D eigenvalue weighted by Crippen LogP contribution is 2.35. The molecular weight excluding hydrogens is 405 g/mol. The molecule has 0 spiro atoms. The molecule has 0 radical (unpaired) electrons. The first kappa shape index (κ1) is 21.9. The van der Waals surface area contributed by atoms with Gasteiger partial charge in [-0.15, -0.1) is 0 Å². The highest BCUT2D eigenvalue weighted by Gasteiger charge is 2.44. The number of halogens is 3. The third kappa shape index (κ3) is 4.84. The van der Waals surface area contributed by atoms with Crippen LogP contribution in [0.1, 0.15) is 30.8 Å². The Bertz CT molecular complexity index is 908. The molecule has 4 rings (SSSR count). The summed E-state index contributed by atoms with van der Waals surface area (Å²) in [5.74, 6) is -0.582. The van der Waals surface area contributed by atoms with Gasteiger partial charge in [-0.2, -0.15) is 18.3 Å². The molecule has 1 N–H and O–H groups in total. The van der Waals surface area contributed by atoms with Crippen LogP contribution >= 0.6 is 0 Å². The smallest absolute Gasteiger partial charge is 0.475 e. The van der Waals surface area contributed by atoms with Crippen molar-refractivity contribution < 1.29 is 32.3 Å². The third-order valence-corrected chi connectivity index (χ3v) is 5.25. The summed E-state index contributed by atoms with van der Waals surface area (Å²) >= 11 is 0. The first-order chi connectivity index (χ1) is 14.1. The van der Waals surface area contributed by atoms with E-state index in [0.717, 1.165) is 43.1 Å². The molecule has 164 valence electrons. The number of carbonyl (C=O) groups is 2. The maximum Gasteiger partial charge on any atom is 0.490 e. The molecule has 0 bridgehead atoms. The van der Waals surface area contributed by atoms with Gasteiger partial charge >= 0.3 is 12.1 Å². The molecule has 8 nitrogen and oxygen atoms in total. The number of likely N-dealkylation sites (tertiary alicyclic amines) is 1. The molecule has 2 aliphatic heterocycles. The minimum Gasteiger partial charge on any atom is -0.475 e. The van der Waals surface area contributed by atoms with Gasteiger partial charge in [0.05, 0.1) is 24.5 Å². The molecular formula is C19H23F3N4O4. The lowest BCUT2D eigenvalue weighted by Crippen LogP contribution is -2.52. The van der Waals surface area contributed by atoms with E-state index in [1.165, 1.54) is 0 Å². The van der Waals surface area contributed by atoms with Gasteiger partial charge in [-0.3, -0.25) is 14.4 Å². The van der Waals surface area contributed by atoms with Crippen molar-refractivity contribution in [2.75, 3.05) is 11.4 Å². The van der Waals surface area contributed by atoms with Crippen LogP contribution in [0, 0.1) is 6.92 Å². The number of hydrogen-bond acceptors (Lipinski definition) is 5. The van der Waals surface area contributed by atoms with Crippen molar-refractivity contribution in [1.29, 1.82) is 0 Å². The van der Waals surface area contributed by atoms with Crippen molar-refractivity contribution >= 4 is 17.6 Å². The van der Waals surface area contributed by atoms with Gasteiger partial charge in [0.15, 0.2) is 0 Å². The summed E-state index contributed by atoms with van der Waals surface area (Å²) in [7, 11) is 1.88. The fourth-order valence-corrected chi connectivity index (χ4v) is 3.99. The topological polar surface area (TPSA) is 91.8 Å². The van der Waals surface area contributed by atoms with Crippen LogP contribution < -0.4 is 4.90 Å². The average molecular weight is 428 g/mol. The van der Waals surface area contributed by atoms with Crippen molar-refractivity contribution in [3.63, 3.8) is 0 Å². The first-order valence-corrected chi connectivity index (χ1v) is 9.46. The van der Waals surface area contributed by atoms with Crippen LogP contribution in [-0.4, -0.2) is 56.5 Å². The number of alkyl halides is 3. The number of aryl methyl sites for hydroxylation is 2. The van der Waals surface area contributed by atoms with Crippen molar-refractivity contribution in [3.05, 3.63) is 36.0 Å². The molecule has 2 atom stereocenters. The number of fused-ring (bicyclic) bond motifs is 1. The first-order valence-electron chi connectivity index (χ1n) is 9.46. The largest absolute Gasteiger partial charge is 0.490 e. The molecule has 0 unspecified atom stereocenters. The number of carboxylic acids is 1. The van der Waals surface area contributed by atoms with E-state index in [1.54, 1.807) is 10.9 Å². The number of rotatable bonds is 3. The number of anilines is 1. The Labute approximate surface area is 170 Å². The number of amides is 1. The molecule has 2 aromatic heterocycles. The van der Waals surface area contributed by atoms with Gasteiger partial charge in [0.2, 0.25) is 5.91 Å². The monoisotopic (exact) mass is 428 g/mol. The quantitative estimate of drug-likeness (QED) is 0.808. The van der Waals surface area contributed by atoms with E-state index in [4.69, 9.17) is 14.3 Å². The van der Waals surface area contributed by atoms with Gasteiger partial charge in [0.25, 0.3) is 0 Å². The second kappa shape index (κ2) is 8.50. The van der Waals surface area contributed by atoms with E-state index >= 15 is 0 Å². The minimum atomic E-state index is -5.08. The van der Waals surface area contributed by atoms with Crippen molar-refractivity contribution in [1.82, 2.24) is 14.7 Å². The van der Waals surface area contributed by atoms with Crippen molar-refractivity contribution in [2.45, 2.75) is 51.0 Å². The Morgan fingerprint density at radius 2 is 2.00 bits per heavy atom. The van der Waals surface area contributed by atoms with Gasteiger partial charge in [-0.05, 0) is 31.9 Å². The Balaban J connectivity index is 0.000000318. The van der Waals surface area contributed by atoms with E-state index in [0.29, 0.717) is 12.5 Å². The lowest BCUT2D eigenvalue weighted by atomic mass is 9.96. The van der Waals surface area contributed by atoms with E-state index in [1.807, 2.05) is 31.1 Å². The Morgan fingerprint density at radius 3 is 2.53 bits per heavy atom. The number of carboxylic acid groups (broad SMARTS) is 1. The van der Waals surface area contributed by atoms with E-state index < -0.39 is 12.1 Å². The van der Waals surface area contributed by atoms with Gasteiger partial charge in [-0.25, -0.2) is 4.79 Å². The molecule has 11 heteroatoms. The summed E-state index contributed by atoms with van der Waals surface area (Å²) in [6, 6.07) is 4.71. The van der Waals surface area contributed by atoms with Crippen LogP contribution in [0.2, 0.25) is 0 Å². The highest BCUT2D eigenvalue weighted by atomic mass is 19.4. The fourth-order valence-electron chi connectivity index (χ4n) is 3.99. The summed E-state index contributed by atoms with van der Waals surface area (Å²) in [6.07, 6.45) is 1.17. The number of piperidine rings is 1. The van der Waals surface area contributed by atoms with Gasteiger partial charge in [0, 0.05) is 32.3 Å². The number of aliphatic carboxylic acids is 1. The van der Waals surface area contributed by atoms with Gasteiger partial charge in [0.1, 0.15) is 11.5 Å². The average Bonchev–Trinajstić information content (AvgIpc) is 3.36. The maximum atomic E-state index is 12.5. The van der Waals surface area contributed by atoms with Crippen LogP contribution in [0.3, 0.4) is 0 Å². The van der Waals surface area contributed by atoms with E-state index in [2.05, 4.69) is 16.1 Å². The lowest BCUT2D eigenvalue weighted by Gasteiger charge is -2.39. The van der Waals surface area contributed by atoms with Crippen LogP contribution in [0.4, 0.5) is 18.9 Å². The van der Waals surface area contributed by atoms with Crippen LogP contribution in [0.15, 0.2) is 28.9 Å². The summed E-state index contributed by atoms with van der Waals surface area (Å²) in [5.41, 5.74) is 0.919. The molecule has 30 heavy (non-hydrogen) atoms. The number of nitrogens with zero attached hydrogens (tertiary/aromatic N) is 4. The normalized spacial score (nSPS) is 21.9. The van der Waals surface area contributed by atoms with Crippen LogP contribution in [-0.2, 0) is 23.2 Å². The SMILES string of the molecule is Cc1ccc(CN2CC[C@H]3[C@@H]2CCC(=O)N3c2cnn(C)c2)o1.O=C(O)C(F)(F)F. The Morgan fingerprint density at radius 1 is 1.30 bits per heavy atom. The van der Waals surface area contributed by atoms with Crippen molar-refractivity contribution in [3.8, 4) is 0 Å². The standard InChI is InChI=1S/C17H22N4O2.C2HF3O2/c1-12-3-4-14(23-12)11-20-8-7-16-15(20)5-6-17(22)21(16)13-9-18-19(2)10-13;3-2(4,5)1(6)7/h3-4,9-10,15-16H,5-8,11H2,1-2H3;(H,6,7)/t15-,16-;/m0./s1. The predicted octanol–water partition coefficient (Wildman–Crippen LogP) is 2.72. The second-order valence-corrected chi connectivity index (χ2v) is 7.38. The zero-order valence-corrected chi connectivity index (χ0v) is 16.6. The molecule has 2 aromatic rings. The van der Waals surface area contributed by atoms with Crippen LogP contribution in [0.25, 0.3) is 0 Å². The molecule has 2 aliphatic rings. The fraction of sp³-hybridized carbons (Fsp3) is 0.526. The summed E-state index contributed by atoms with van der Waals surface area (Å²) < 4.78 is 39.2. The lowest BCUT2D eigenvalue weighted by molar-refractivity contribution is -0.192. The summed E-state index contributed by atoms with van der Waals surface area (Å²) in [4.78, 5) is 25.8. The van der Waals surface area contributed by atoms with Crippen molar-refractivity contribution in [2.24, 2.45) is 7.05 Å². The maximum absolute atomic E-state index is 12.5. The number of furan rings is 1. The molecule has 0 saturated carbocycles. The zero-order valence-electron chi connectivity index (χ0n) is 16.6. The number of carbonyl (C=O) groups excluding carboxylic acids is 1. The third-order valence-electron chi connectivity index (χ3n) is 5.25. The van der Waals surface area contributed by atoms with Crippen LogP contribution in [0.5, 0.6) is 0 Å². The number of aromatic nitrogens is 2. The molecule has 1 amide bonds. The summed E-state index contributed by atoms with van der Waals surface area (Å²) in [5, 5.41) is 11.3. The Kier molecular flexibility index (Phi) is 6.20. The predicted molar refractivity (Wildman–Crippen MR) is 99.7 cm³/mol. The molecule has 4 heterocycles. The summed E-state index contributed by atoms with van der Waals surface area (Å²) in [6.45, 7) is 3.79. The minimum absolute atomic E-state index is 0.218. The molecule has 2 saturated heterocycles. The molecule has 0 aliphatic carbocycles. The number of hydrogen-bond donors (Lipinski definition) is 1. The van der Waals surface area contributed by atoms with Gasteiger partial charge < -0.3 is 14.4 Å². The Hall–Kier alpha value is -2.82.